The molecule has 2 aromatic rings. The lowest BCUT2D eigenvalue weighted by Gasteiger charge is -2.13. The number of anilines is 1. The van der Waals surface area contributed by atoms with Gasteiger partial charge in [-0.3, -0.25) is 4.79 Å². The number of nitrogens with one attached hydrogen (secondary N) is 1. The van der Waals surface area contributed by atoms with E-state index in [4.69, 9.17) is 4.74 Å². The Morgan fingerprint density at radius 3 is 2.41 bits per heavy atom. The first-order valence-electron chi connectivity index (χ1n) is 6.49. The van der Waals surface area contributed by atoms with Crippen LogP contribution in [0.1, 0.15) is 11.1 Å². The molecule has 3 nitrogen and oxygen atoms in total. The van der Waals surface area contributed by atoms with Crippen LogP contribution in [0.2, 0.25) is 0 Å². The van der Waals surface area contributed by atoms with E-state index in [1.165, 1.54) is 13.2 Å². The molecule has 0 bridgehead atoms. The average molecular weight is 309 g/mol. The SMILES string of the molecule is COc1ccc(C(F)(F)F)cc1NC(=O)Cc1ccccc1. The van der Waals surface area contributed by atoms with Crippen molar-refractivity contribution < 1.29 is 22.7 Å². The maximum atomic E-state index is 12.7. The number of hydrogen-bond acceptors (Lipinski definition) is 2. The van der Waals surface area contributed by atoms with Gasteiger partial charge >= 0.3 is 6.18 Å². The van der Waals surface area contributed by atoms with E-state index >= 15 is 0 Å². The van der Waals surface area contributed by atoms with Crippen molar-refractivity contribution in [3.63, 3.8) is 0 Å². The van der Waals surface area contributed by atoms with Gasteiger partial charge in [-0.2, -0.15) is 13.2 Å². The molecule has 0 aliphatic rings. The van der Waals surface area contributed by atoms with E-state index in [1.54, 1.807) is 24.3 Å². The number of hydrogen-bond donors (Lipinski definition) is 1. The zero-order valence-corrected chi connectivity index (χ0v) is 11.8. The summed E-state index contributed by atoms with van der Waals surface area (Å²) in [7, 11) is 1.33. The maximum Gasteiger partial charge on any atom is 0.416 e. The fourth-order valence-corrected chi connectivity index (χ4v) is 1.96. The van der Waals surface area contributed by atoms with Crippen LogP contribution in [0.3, 0.4) is 0 Å². The number of ether oxygens (including phenoxy) is 1. The summed E-state index contributed by atoms with van der Waals surface area (Å²) in [6.45, 7) is 0. The number of alkyl halides is 3. The molecule has 6 heteroatoms. The molecule has 0 fully saturated rings. The molecule has 0 atom stereocenters. The molecule has 0 aromatic heterocycles. The van der Waals surface area contributed by atoms with Gasteiger partial charge < -0.3 is 10.1 Å². The molecule has 0 heterocycles. The number of carbonyl (C=O) groups excluding carboxylic acids is 1. The summed E-state index contributed by atoms with van der Waals surface area (Å²) < 4.78 is 43.2. The quantitative estimate of drug-likeness (QED) is 0.930. The first-order chi connectivity index (χ1) is 10.4. The van der Waals surface area contributed by atoms with Gasteiger partial charge in [-0.05, 0) is 23.8 Å². The fraction of sp³-hybridized carbons (Fsp3) is 0.188. The van der Waals surface area contributed by atoms with Crippen molar-refractivity contribution in [3.8, 4) is 5.75 Å². The molecular weight excluding hydrogens is 295 g/mol. The standard InChI is InChI=1S/C16H14F3NO2/c1-22-14-8-7-12(16(17,18)19)10-13(14)20-15(21)9-11-5-3-2-4-6-11/h2-8,10H,9H2,1H3,(H,20,21). The highest BCUT2D eigenvalue weighted by Gasteiger charge is 2.31. The van der Waals surface area contributed by atoms with Crippen LogP contribution in [-0.2, 0) is 17.4 Å². The van der Waals surface area contributed by atoms with Crippen LogP contribution in [0, 0.1) is 0 Å². The largest absolute Gasteiger partial charge is 0.495 e. The summed E-state index contributed by atoms with van der Waals surface area (Å²) in [5, 5.41) is 2.46. The molecule has 0 aliphatic heterocycles. The van der Waals surface area contributed by atoms with Gasteiger partial charge in [0.25, 0.3) is 0 Å². The minimum absolute atomic E-state index is 0.00161. The molecule has 0 saturated carbocycles. The fourth-order valence-electron chi connectivity index (χ4n) is 1.96. The number of methoxy groups -OCH3 is 1. The maximum absolute atomic E-state index is 12.7. The minimum Gasteiger partial charge on any atom is -0.495 e. The molecule has 2 rings (SSSR count). The van der Waals surface area contributed by atoms with Crippen LogP contribution in [0.4, 0.5) is 18.9 Å². The zero-order valence-electron chi connectivity index (χ0n) is 11.8. The van der Waals surface area contributed by atoms with Gasteiger partial charge in [0.2, 0.25) is 5.91 Å². The third kappa shape index (κ3) is 4.00. The number of halogens is 3. The van der Waals surface area contributed by atoms with Gasteiger partial charge in [0.15, 0.2) is 0 Å². The Balaban J connectivity index is 2.18. The second kappa shape index (κ2) is 6.51. The van der Waals surface area contributed by atoms with Crippen LogP contribution < -0.4 is 10.1 Å². The number of rotatable bonds is 4. The number of amides is 1. The van der Waals surface area contributed by atoms with Crippen molar-refractivity contribution in [1.29, 1.82) is 0 Å². The predicted octanol–water partition coefficient (Wildman–Crippen LogP) is 3.90. The highest BCUT2D eigenvalue weighted by Crippen LogP contribution is 2.34. The number of benzene rings is 2. The summed E-state index contributed by atoms with van der Waals surface area (Å²) in [5.74, 6) is -0.238. The van der Waals surface area contributed by atoms with Gasteiger partial charge in [-0.15, -0.1) is 0 Å². The smallest absolute Gasteiger partial charge is 0.416 e. The molecule has 116 valence electrons. The summed E-state index contributed by atoms with van der Waals surface area (Å²) in [6, 6.07) is 11.9. The highest BCUT2D eigenvalue weighted by atomic mass is 19.4. The van der Waals surface area contributed by atoms with E-state index in [1.807, 2.05) is 6.07 Å². The second-order valence-corrected chi connectivity index (χ2v) is 4.62. The van der Waals surface area contributed by atoms with E-state index in [2.05, 4.69) is 5.32 Å². The van der Waals surface area contributed by atoms with Crippen molar-refractivity contribution in [2.24, 2.45) is 0 Å². The zero-order chi connectivity index (χ0) is 16.2. The van der Waals surface area contributed by atoms with Crippen molar-refractivity contribution in [3.05, 3.63) is 59.7 Å². The van der Waals surface area contributed by atoms with E-state index in [0.717, 1.165) is 17.7 Å². The Labute approximate surface area is 125 Å². The van der Waals surface area contributed by atoms with Gasteiger partial charge in [0, 0.05) is 0 Å². The Bertz CT molecular complexity index is 654. The Hall–Kier alpha value is -2.50. The normalized spacial score (nSPS) is 11.1. The Morgan fingerprint density at radius 2 is 1.82 bits per heavy atom. The third-order valence-electron chi connectivity index (χ3n) is 3.01. The van der Waals surface area contributed by atoms with Crippen LogP contribution in [0.25, 0.3) is 0 Å². The molecule has 0 saturated heterocycles. The molecule has 0 aliphatic carbocycles. The summed E-state index contributed by atoms with van der Waals surface area (Å²) in [6.07, 6.45) is -4.41. The molecule has 0 radical (unpaired) electrons. The van der Waals surface area contributed by atoms with Crippen molar-refractivity contribution in [1.82, 2.24) is 0 Å². The Morgan fingerprint density at radius 1 is 1.14 bits per heavy atom. The van der Waals surface area contributed by atoms with Crippen molar-refractivity contribution in [2.75, 3.05) is 12.4 Å². The van der Waals surface area contributed by atoms with Crippen molar-refractivity contribution >= 4 is 11.6 Å². The topological polar surface area (TPSA) is 38.3 Å². The molecular formula is C16H14F3NO2. The molecule has 1 N–H and O–H groups in total. The van der Waals surface area contributed by atoms with Crippen LogP contribution >= 0.6 is 0 Å². The number of carbonyl (C=O) groups is 1. The van der Waals surface area contributed by atoms with E-state index in [9.17, 15) is 18.0 Å². The lowest BCUT2D eigenvalue weighted by molar-refractivity contribution is -0.137. The van der Waals surface area contributed by atoms with Crippen LogP contribution in [-0.4, -0.2) is 13.0 Å². The lowest BCUT2D eigenvalue weighted by atomic mass is 10.1. The summed E-state index contributed by atoms with van der Waals surface area (Å²) in [4.78, 5) is 12.0. The monoisotopic (exact) mass is 309 g/mol. The molecule has 0 unspecified atom stereocenters. The minimum atomic E-state index is -4.48. The van der Waals surface area contributed by atoms with Gasteiger partial charge in [0.05, 0.1) is 24.8 Å². The molecule has 1 amide bonds. The van der Waals surface area contributed by atoms with Gasteiger partial charge in [-0.1, -0.05) is 30.3 Å². The first kappa shape index (κ1) is 15.9. The average Bonchev–Trinajstić information content (AvgIpc) is 2.47. The van der Waals surface area contributed by atoms with E-state index < -0.39 is 17.6 Å². The van der Waals surface area contributed by atoms with Crippen molar-refractivity contribution in [2.45, 2.75) is 12.6 Å². The molecule has 2 aromatic carbocycles. The van der Waals surface area contributed by atoms with Gasteiger partial charge in [0.1, 0.15) is 5.75 Å². The Kier molecular flexibility index (Phi) is 4.70. The van der Waals surface area contributed by atoms with E-state index in [0.29, 0.717) is 0 Å². The van der Waals surface area contributed by atoms with Crippen LogP contribution in [0.15, 0.2) is 48.5 Å². The molecule has 22 heavy (non-hydrogen) atoms. The van der Waals surface area contributed by atoms with Crippen LogP contribution in [0.5, 0.6) is 5.75 Å². The highest BCUT2D eigenvalue weighted by molar-refractivity contribution is 5.93. The third-order valence-corrected chi connectivity index (χ3v) is 3.01. The lowest BCUT2D eigenvalue weighted by Crippen LogP contribution is -2.16. The summed E-state index contributed by atoms with van der Waals surface area (Å²) >= 11 is 0. The van der Waals surface area contributed by atoms with E-state index in [-0.39, 0.29) is 17.9 Å². The first-order valence-corrected chi connectivity index (χ1v) is 6.49. The molecule has 0 spiro atoms. The van der Waals surface area contributed by atoms with Gasteiger partial charge in [-0.25, -0.2) is 0 Å². The summed E-state index contributed by atoms with van der Waals surface area (Å²) in [5.41, 5.74) is -0.0764. The predicted molar refractivity (Wildman–Crippen MR) is 76.8 cm³/mol. The second-order valence-electron chi connectivity index (χ2n) is 4.62.